The molecule has 0 fully saturated rings. The lowest BCUT2D eigenvalue weighted by Crippen LogP contribution is -2.00. The Morgan fingerprint density at radius 2 is 1.73 bits per heavy atom. The van der Waals surface area contributed by atoms with Gasteiger partial charge in [-0.2, -0.15) is 0 Å². The zero-order chi connectivity index (χ0) is 8.36. The van der Waals surface area contributed by atoms with Crippen LogP contribution in [0.15, 0.2) is 0 Å². The monoisotopic (exact) mass is 180 g/mol. The van der Waals surface area contributed by atoms with E-state index in [4.69, 9.17) is 21.4 Å². The molecule has 0 saturated heterocycles. The molecular weight excluding hydrogens is 164 g/mol. The van der Waals surface area contributed by atoms with Gasteiger partial charge in [0.15, 0.2) is 0 Å². The summed E-state index contributed by atoms with van der Waals surface area (Å²) in [6.07, 6.45) is 4.54. The Bertz CT molecular complexity index is 61.1. The molecule has 0 radical (unpaired) electrons. The van der Waals surface area contributed by atoms with Crippen LogP contribution >= 0.6 is 11.6 Å². The number of aliphatic hydroxyl groups excluding tert-OH is 1. The predicted octanol–water partition coefficient (Wildman–Crippen LogP) is 1.79. The zero-order valence-electron chi connectivity index (χ0n) is 6.89. The first-order valence-corrected chi connectivity index (χ1v) is 4.70. The van der Waals surface area contributed by atoms with Gasteiger partial charge >= 0.3 is 0 Å². The van der Waals surface area contributed by atoms with Crippen LogP contribution in [-0.4, -0.2) is 30.8 Å². The molecule has 0 aliphatic carbocycles. The van der Waals surface area contributed by atoms with Crippen LogP contribution in [0, 0.1) is 0 Å². The van der Waals surface area contributed by atoms with Crippen LogP contribution in [-0.2, 0) is 4.74 Å². The summed E-state index contributed by atoms with van der Waals surface area (Å²) in [6.45, 7) is 1.36. The van der Waals surface area contributed by atoms with E-state index in [1.54, 1.807) is 0 Å². The van der Waals surface area contributed by atoms with Crippen molar-refractivity contribution in [1.82, 2.24) is 0 Å². The largest absolute Gasteiger partial charge is 0.394 e. The van der Waals surface area contributed by atoms with Crippen molar-refractivity contribution in [3.63, 3.8) is 0 Å². The number of rotatable bonds is 8. The molecule has 11 heavy (non-hydrogen) atoms. The second kappa shape index (κ2) is 10.2. The van der Waals surface area contributed by atoms with Crippen LogP contribution in [0.25, 0.3) is 0 Å². The second-order valence-corrected chi connectivity index (χ2v) is 2.82. The van der Waals surface area contributed by atoms with Crippen LogP contribution in [0.2, 0.25) is 0 Å². The number of halogens is 1. The molecule has 0 bridgehead atoms. The van der Waals surface area contributed by atoms with E-state index in [-0.39, 0.29) is 6.61 Å². The molecule has 0 aromatic carbocycles. The first-order chi connectivity index (χ1) is 5.41. The Balaban J connectivity index is 2.69. The Kier molecular flexibility index (Phi) is 10.4. The number of hydrogen-bond acceptors (Lipinski definition) is 2. The maximum absolute atomic E-state index is 8.36. The fourth-order valence-electron chi connectivity index (χ4n) is 0.819. The topological polar surface area (TPSA) is 29.5 Å². The van der Waals surface area contributed by atoms with Gasteiger partial charge in [0, 0.05) is 12.5 Å². The maximum atomic E-state index is 8.36. The minimum atomic E-state index is 0.127. The summed E-state index contributed by atoms with van der Waals surface area (Å²) in [7, 11) is 0. The molecule has 0 aliphatic heterocycles. The van der Waals surface area contributed by atoms with E-state index in [9.17, 15) is 0 Å². The minimum absolute atomic E-state index is 0.127. The quantitative estimate of drug-likeness (QED) is 0.456. The Morgan fingerprint density at radius 1 is 1.00 bits per heavy atom. The molecule has 0 aliphatic rings. The van der Waals surface area contributed by atoms with Crippen LogP contribution in [0.5, 0.6) is 0 Å². The summed E-state index contributed by atoms with van der Waals surface area (Å²) < 4.78 is 5.08. The van der Waals surface area contributed by atoms with Crippen LogP contribution < -0.4 is 0 Å². The maximum Gasteiger partial charge on any atom is 0.0697 e. The molecule has 68 valence electrons. The van der Waals surface area contributed by atoms with Crippen molar-refractivity contribution in [3.05, 3.63) is 0 Å². The van der Waals surface area contributed by atoms with Crippen molar-refractivity contribution in [2.75, 3.05) is 25.7 Å². The Hall–Kier alpha value is 0.210. The Morgan fingerprint density at radius 3 is 2.36 bits per heavy atom. The molecule has 0 spiro atoms. The van der Waals surface area contributed by atoms with E-state index < -0.39 is 0 Å². The predicted molar refractivity (Wildman–Crippen MR) is 47.1 cm³/mol. The van der Waals surface area contributed by atoms with Gasteiger partial charge in [-0.1, -0.05) is 12.8 Å². The van der Waals surface area contributed by atoms with E-state index in [2.05, 4.69) is 0 Å². The van der Waals surface area contributed by atoms with Gasteiger partial charge in [-0.25, -0.2) is 0 Å². The average Bonchev–Trinajstić information content (AvgIpc) is 2.03. The van der Waals surface area contributed by atoms with Crippen molar-refractivity contribution in [3.8, 4) is 0 Å². The van der Waals surface area contributed by atoms with Gasteiger partial charge in [0.05, 0.1) is 13.2 Å². The normalized spacial score (nSPS) is 10.4. The van der Waals surface area contributed by atoms with Crippen molar-refractivity contribution >= 4 is 11.6 Å². The van der Waals surface area contributed by atoms with Gasteiger partial charge in [0.25, 0.3) is 0 Å². The van der Waals surface area contributed by atoms with Gasteiger partial charge in [-0.3, -0.25) is 0 Å². The van der Waals surface area contributed by atoms with Crippen molar-refractivity contribution in [2.24, 2.45) is 0 Å². The molecule has 0 unspecified atom stereocenters. The lowest BCUT2D eigenvalue weighted by molar-refractivity contribution is 0.0896. The van der Waals surface area contributed by atoms with Gasteiger partial charge in [0.2, 0.25) is 0 Å². The van der Waals surface area contributed by atoms with Crippen molar-refractivity contribution in [2.45, 2.75) is 25.7 Å². The average molecular weight is 181 g/mol. The molecule has 0 saturated carbocycles. The lowest BCUT2D eigenvalue weighted by Gasteiger charge is -2.00. The number of ether oxygens (including phenoxy) is 1. The molecule has 0 rings (SSSR count). The molecule has 1 N–H and O–H groups in total. The van der Waals surface area contributed by atoms with Gasteiger partial charge in [-0.15, -0.1) is 11.6 Å². The summed E-state index contributed by atoms with van der Waals surface area (Å²) in [5, 5.41) is 8.36. The molecular formula is C8H17ClO2. The molecule has 0 aromatic rings. The highest BCUT2D eigenvalue weighted by Crippen LogP contribution is 2.00. The molecule has 3 heteroatoms. The van der Waals surface area contributed by atoms with E-state index in [1.807, 2.05) is 0 Å². The van der Waals surface area contributed by atoms with Gasteiger partial charge < -0.3 is 9.84 Å². The lowest BCUT2D eigenvalue weighted by atomic mass is 10.2. The third kappa shape index (κ3) is 10.2. The molecule has 0 amide bonds. The SMILES string of the molecule is OCCOCCCCCCCl. The summed E-state index contributed by atoms with van der Waals surface area (Å²) in [6, 6.07) is 0. The summed E-state index contributed by atoms with van der Waals surface area (Å²) >= 11 is 5.50. The zero-order valence-corrected chi connectivity index (χ0v) is 7.65. The standard InChI is InChI=1S/C8H17ClO2/c9-5-3-1-2-4-7-11-8-6-10/h10H,1-8H2. The van der Waals surface area contributed by atoms with E-state index in [0.717, 1.165) is 25.3 Å². The first kappa shape index (κ1) is 11.2. The molecule has 2 nitrogen and oxygen atoms in total. The fraction of sp³-hybridized carbons (Fsp3) is 1.00. The smallest absolute Gasteiger partial charge is 0.0697 e. The van der Waals surface area contributed by atoms with Crippen LogP contribution in [0.4, 0.5) is 0 Å². The number of unbranched alkanes of at least 4 members (excludes halogenated alkanes) is 3. The first-order valence-electron chi connectivity index (χ1n) is 4.16. The minimum Gasteiger partial charge on any atom is -0.394 e. The molecule has 0 aromatic heterocycles. The third-order valence-electron chi connectivity index (χ3n) is 1.41. The summed E-state index contributed by atoms with van der Waals surface area (Å²) in [5.41, 5.74) is 0. The van der Waals surface area contributed by atoms with Crippen LogP contribution in [0.1, 0.15) is 25.7 Å². The summed E-state index contributed by atoms with van der Waals surface area (Å²) in [5.74, 6) is 0.761. The highest BCUT2D eigenvalue weighted by atomic mass is 35.5. The highest BCUT2D eigenvalue weighted by molar-refractivity contribution is 6.17. The van der Waals surface area contributed by atoms with E-state index in [1.165, 1.54) is 12.8 Å². The van der Waals surface area contributed by atoms with E-state index in [0.29, 0.717) is 6.61 Å². The summed E-state index contributed by atoms with van der Waals surface area (Å²) in [4.78, 5) is 0. The van der Waals surface area contributed by atoms with E-state index >= 15 is 0 Å². The number of hydrogen-bond donors (Lipinski definition) is 1. The second-order valence-electron chi connectivity index (χ2n) is 2.44. The molecule has 0 heterocycles. The van der Waals surface area contributed by atoms with Crippen molar-refractivity contribution < 1.29 is 9.84 Å². The van der Waals surface area contributed by atoms with Gasteiger partial charge in [0.1, 0.15) is 0 Å². The Labute approximate surface area is 73.5 Å². The number of alkyl halides is 1. The van der Waals surface area contributed by atoms with Gasteiger partial charge in [-0.05, 0) is 12.8 Å². The van der Waals surface area contributed by atoms with Crippen molar-refractivity contribution in [1.29, 1.82) is 0 Å². The number of aliphatic hydroxyl groups is 1. The van der Waals surface area contributed by atoms with Crippen LogP contribution in [0.3, 0.4) is 0 Å². The molecule has 0 atom stereocenters. The third-order valence-corrected chi connectivity index (χ3v) is 1.68. The fourth-order valence-corrected chi connectivity index (χ4v) is 1.01. The highest BCUT2D eigenvalue weighted by Gasteiger charge is 1.89.